The van der Waals surface area contributed by atoms with Gasteiger partial charge in [0.25, 0.3) is 0 Å². The zero-order chi connectivity index (χ0) is 13.2. The molecule has 5 heteroatoms. The molecule has 0 unspecified atom stereocenters. The first-order valence-corrected chi connectivity index (χ1v) is 6.69. The van der Waals surface area contributed by atoms with Crippen LogP contribution in [0.3, 0.4) is 0 Å². The first-order chi connectivity index (χ1) is 9.22. The summed E-state index contributed by atoms with van der Waals surface area (Å²) in [6.45, 7) is 0.798. The molecular weight excluding hydrogens is 260 g/mol. The summed E-state index contributed by atoms with van der Waals surface area (Å²) in [5, 5.41) is 0.562. The minimum Gasteiger partial charge on any atom is -0.399 e. The molecule has 4 nitrogen and oxygen atoms in total. The first kappa shape index (κ1) is 12.2. The van der Waals surface area contributed by atoms with E-state index in [4.69, 9.17) is 17.3 Å². The van der Waals surface area contributed by atoms with Crippen molar-refractivity contribution in [3.8, 4) is 0 Å². The highest BCUT2D eigenvalue weighted by molar-refractivity contribution is 6.30. The molecule has 0 saturated heterocycles. The van der Waals surface area contributed by atoms with E-state index >= 15 is 0 Å². The van der Waals surface area contributed by atoms with Gasteiger partial charge in [0.05, 0.1) is 17.4 Å². The van der Waals surface area contributed by atoms with Crippen LogP contribution >= 0.6 is 11.6 Å². The van der Waals surface area contributed by atoms with Gasteiger partial charge in [0.15, 0.2) is 0 Å². The molecule has 1 fully saturated rings. The highest BCUT2D eigenvalue weighted by Gasteiger charge is 2.30. The van der Waals surface area contributed by atoms with Crippen molar-refractivity contribution in [3.63, 3.8) is 0 Å². The van der Waals surface area contributed by atoms with Gasteiger partial charge in [-0.15, -0.1) is 0 Å². The van der Waals surface area contributed by atoms with Crippen LogP contribution in [0.4, 0.5) is 11.6 Å². The van der Waals surface area contributed by atoms with Crippen molar-refractivity contribution in [1.82, 2.24) is 9.97 Å². The third kappa shape index (κ3) is 2.96. The summed E-state index contributed by atoms with van der Waals surface area (Å²) in [5.74, 6) is 0.740. The number of nitrogens with two attached hydrogens (primary N) is 1. The summed E-state index contributed by atoms with van der Waals surface area (Å²) in [6, 6.07) is 8.46. The molecule has 1 aromatic heterocycles. The second kappa shape index (κ2) is 5.05. The average molecular weight is 275 g/mol. The van der Waals surface area contributed by atoms with Crippen molar-refractivity contribution >= 4 is 23.2 Å². The van der Waals surface area contributed by atoms with Crippen molar-refractivity contribution < 1.29 is 0 Å². The predicted molar refractivity (Wildman–Crippen MR) is 77.1 cm³/mol. The number of nitrogen functional groups attached to an aromatic ring is 1. The van der Waals surface area contributed by atoms with Crippen LogP contribution in [0.2, 0.25) is 5.02 Å². The maximum Gasteiger partial charge on any atom is 0.225 e. The van der Waals surface area contributed by atoms with Crippen LogP contribution in [0.25, 0.3) is 0 Å². The van der Waals surface area contributed by atoms with E-state index in [0.717, 1.165) is 18.2 Å². The van der Waals surface area contributed by atoms with Gasteiger partial charge in [-0.25, -0.2) is 9.97 Å². The molecule has 1 aliphatic rings. The molecule has 19 heavy (non-hydrogen) atoms. The Bertz CT molecular complexity index is 549. The minimum atomic E-state index is 0.540. The normalized spacial score (nSPS) is 14.4. The molecular formula is C14H15ClN4. The Labute approximate surface area is 117 Å². The molecule has 1 saturated carbocycles. The Morgan fingerprint density at radius 3 is 2.37 bits per heavy atom. The number of hydrogen-bond acceptors (Lipinski definition) is 4. The lowest BCUT2D eigenvalue weighted by Crippen LogP contribution is -2.26. The maximum atomic E-state index is 5.83. The van der Waals surface area contributed by atoms with Crippen molar-refractivity contribution in [2.45, 2.75) is 25.4 Å². The SMILES string of the molecule is Nc1ccc(CN(c2ncc(Cl)cn2)C2CC2)cc1. The first-order valence-electron chi connectivity index (χ1n) is 6.31. The molecule has 0 spiro atoms. The van der Waals surface area contributed by atoms with Gasteiger partial charge in [-0.05, 0) is 30.5 Å². The zero-order valence-electron chi connectivity index (χ0n) is 10.5. The quantitative estimate of drug-likeness (QED) is 0.871. The molecule has 2 N–H and O–H groups in total. The van der Waals surface area contributed by atoms with E-state index in [1.54, 1.807) is 12.4 Å². The van der Waals surface area contributed by atoms with Gasteiger partial charge in [-0.3, -0.25) is 0 Å². The molecule has 1 aliphatic carbocycles. The second-order valence-corrected chi connectivity index (χ2v) is 5.24. The lowest BCUT2D eigenvalue weighted by atomic mass is 10.2. The Morgan fingerprint density at radius 1 is 1.16 bits per heavy atom. The van der Waals surface area contributed by atoms with E-state index in [-0.39, 0.29) is 0 Å². The zero-order valence-corrected chi connectivity index (χ0v) is 11.2. The number of halogens is 1. The smallest absolute Gasteiger partial charge is 0.225 e. The van der Waals surface area contributed by atoms with E-state index in [9.17, 15) is 0 Å². The maximum absolute atomic E-state index is 5.83. The third-order valence-corrected chi connectivity index (χ3v) is 3.38. The van der Waals surface area contributed by atoms with Crippen molar-refractivity contribution in [1.29, 1.82) is 0 Å². The molecule has 2 aromatic rings. The van der Waals surface area contributed by atoms with Crippen LogP contribution in [0, 0.1) is 0 Å². The summed E-state index contributed by atoms with van der Waals surface area (Å²) >= 11 is 5.83. The summed E-state index contributed by atoms with van der Waals surface area (Å²) in [5.41, 5.74) is 7.69. The Balaban J connectivity index is 1.81. The molecule has 98 valence electrons. The molecule has 1 heterocycles. The molecule has 0 amide bonds. The lowest BCUT2D eigenvalue weighted by Gasteiger charge is -2.22. The van der Waals surface area contributed by atoms with Crippen molar-refractivity contribution in [2.75, 3.05) is 10.6 Å². The number of anilines is 2. The van der Waals surface area contributed by atoms with Gasteiger partial charge in [0, 0.05) is 18.3 Å². The van der Waals surface area contributed by atoms with Gasteiger partial charge in [-0.1, -0.05) is 23.7 Å². The van der Waals surface area contributed by atoms with Crippen molar-refractivity contribution in [2.24, 2.45) is 0 Å². The van der Waals surface area contributed by atoms with E-state index in [1.807, 2.05) is 24.3 Å². The standard InChI is InChI=1S/C14H15ClN4/c15-11-7-17-14(18-8-11)19(13-5-6-13)9-10-1-3-12(16)4-2-10/h1-4,7-8,13H,5-6,9,16H2. The number of hydrogen-bond donors (Lipinski definition) is 1. The van der Waals surface area contributed by atoms with Crippen LogP contribution in [0.1, 0.15) is 18.4 Å². The highest BCUT2D eigenvalue weighted by Crippen LogP contribution is 2.31. The van der Waals surface area contributed by atoms with Gasteiger partial charge in [-0.2, -0.15) is 0 Å². The predicted octanol–water partition coefficient (Wildman–Crippen LogP) is 2.88. The number of benzene rings is 1. The second-order valence-electron chi connectivity index (χ2n) is 4.80. The van der Waals surface area contributed by atoms with Crippen LogP contribution in [0.15, 0.2) is 36.7 Å². The van der Waals surface area contributed by atoms with E-state index < -0.39 is 0 Å². The lowest BCUT2D eigenvalue weighted by molar-refractivity contribution is 0.758. The van der Waals surface area contributed by atoms with Crippen LogP contribution in [-0.4, -0.2) is 16.0 Å². The summed E-state index contributed by atoms with van der Waals surface area (Å²) in [7, 11) is 0. The highest BCUT2D eigenvalue weighted by atomic mass is 35.5. The van der Waals surface area contributed by atoms with Crippen molar-refractivity contribution in [3.05, 3.63) is 47.2 Å². The number of nitrogens with zero attached hydrogens (tertiary/aromatic N) is 3. The molecule has 3 rings (SSSR count). The minimum absolute atomic E-state index is 0.540. The Morgan fingerprint density at radius 2 is 1.79 bits per heavy atom. The van der Waals surface area contributed by atoms with Gasteiger partial charge in [0.2, 0.25) is 5.95 Å². The third-order valence-electron chi connectivity index (χ3n) is 3.18. The van der Waals surface area contributed by atoms with Gasteiger partial charge >= 0.3 is 0 Å². The van der Waals surface area contributed by atoms with Crippen LogP contribution < -0.4 is 10.6 Å². The Kier molecular flexibility index (Phi) is 3.25. The van der Waals surface area contributed by atoms with Gasteiger partial charge in [0.1, 0.15) is 0 Å². The fraction of sp³-hybridized carbons (Fsp3) is 0.286. The van der Waals surface area contributed by atoms with Gasteiger partial charge < -0.3 is 10.6 Å². The van der Waals surface area contributed by atoms with E-state index in [0.29, 0.717) is 11.1 Å². The van der Waals surface area contributed by atoms with Crippen LogP contribution in [-0.2, 0) is 6.54 Å². The summed E-state index contributed by atoms with van der Waals surface area (Å²) in [4.78, 5) is 10.8. The van der Waals surface area contributed by atoms with E-state index in [2.05, 4.69) is 14.9 Å². The molecule has 1 aromatic carbocycles. The topological polar surface area (TPSA) is 55.0 Å². The number of aromatic nitrogens is 2. The Hall–Kier alpha value is -1.81. The van der Waals surface area contributed by atoms with E-state index in [1.165, 1.54) is 18.4 Å². The summed E-state index contributed by atoms with van der Waals surface area (Å²) < 4.78 is 0. The fourth-order valence-electron chi connectivity index (χ4n) is 2.02. The van der Waals surface area contributed by atoms with Crippen LogP contribution in [0.5, 0.6) is 0 Å². The molecule has 0 radical (unpaired) electrons. The monoisotopic (exact) mass is 274 g/mol. The number of rotatable bonds is 4. The molecule has 0 bridgehead atoms. The average Bonchev–Trinajstić information content (AvgIpc) is 3.24. The fourth-order valence-corrected chi connectivity index (χ4v) is 2.12. The molecule has 0 atom stereocenters. The summed E-state index contributed by atoms with van der Waals surface area (Å²) in [6.07, 6.45) is 5.67. The molecule has 0 aliphatic heterocycles. The largest absolute Gasteiger partial charge is 0.399 e.